The summed E-state index contributed by atoms with van der Waals surface area (Å²) in [6.07, 6.45) is 5.08. The molecule has 314 valence electrons. The number of ether oxygens (including phenoxy) is 2. The Balaban J connectivity index is 1.25. The van der Waals surface area contributed by atoms with Crippen LogP contribution >= 0.6 is 23.2 Å². The molecule has 0 N–H and O–H groups in total. The van der Waals surface area contributed by atoms with Gasteiger partial charge in [-0.15, -0.1) is 0 Å². The molecule has 0 unspecified atom stereocenters. The van der Waals surface area contributed by atoms with Crippen LogP contribution in [0.3, 0.4) is 0 Å². The maximum Gasteiger partial charge on any atom is 0.275 e. The molecule has 5 heterocycles. The fraction of sp³-hybridized carbons (Fsp3) is 0.391. The van der Waals surface area contributed by atoms with Crippen molar-refractivity contribution in [2.24, 2.45) is 14.1 Å². The highest BCUT2D eigenvalue weighted by Gasteiger charge is 2.38. The average molecular weight is 866 g/mol. The molecule has 1 amide bonds. The molecule has 1 atom stereocenters. The highest BCUT2D eigenvalue weighted by atomic mass is 35.5. The van der Waals surface area contributed by atoms with E-state index < -0.39 is 8.07 Å². The molecule has 1 aliphatic heterocycles. The third kappa shape index (κ3) is 7.67. The van der Waals surface area contributed by atoms with Gasteiger partial charge in [0.2, 0.25) is 0 Å². The number of halogens is 2. The Morgan fingerprint density at radius 2 is 1.67 bits per heavy atom. The van der Waals surface area contributed by atoms with E-state index in [4.69, 9.17) is 37.8 Å². The van der Waals surface area contributed by atoms with Gasteiger partial charge in [-0.3, -0.25) is 14.2 Å². The monoisotopic (exact) mass is 864 g/mol. The van der Waals surface area contributed by atoms with E-state index in [0.29, 0.717) is 55.9 Å². The first-order valence-corrected chi connectivity index (χ1v) is 25.1. The number of benzene rings is 3. The van der Waals surface area contributed by atoms with Gasteiger partial charge in [0, 0.05) is 85.7 Å². The van der Waals surface area contributed by atoms with Crippen LogP contribution in [0, 0.1) is 27.7 Å². The van der Waals surface area contributed by atoms with Gasteiger partial charge in [-0.1, -0.05) is 48.9 Å². The summed E-state index contributed by atoms with van der Waals surface area (Å²) in [4.78, 5) is 22.0. The van der Waals surface area contributed by atoms with Gasteiger partial charge in [-0.25, -0.2) is 4.98 Å². The molecule has 3 aromatic carbocycles. The molecule has 11 nitrogen and oxygen atoms in total. The van der Waals surface area contributed by atoms with Gasteiger partial charge < -0.3 is 23.5 Å². The van der Waals surface area contributed by atoms with Gasteiger partial charge in [0.25, 0.3) is 5.91 Å². The van der Waals surface area contributed by atoms with Crippen LogP contribution in [0.5, 0.6) is 5.75 Å². The van der Waals surface area contributed by atoms with E-state index in [1.54, 1.807) is 11.0 Å². The number of carbonyl (C=O) groups excluding carboxylic acids is 1. The topological polar surface area (TPSA) is 97.2 Å². The van der Waals surface area contributed by atoms with Crippen LogP contribution < -0.4 is 9.64 Å². The number of nitrogens with zero attached hydrogens (tertiary/aromatic N) is 8. The number of hydrogen-bond donors (Lipinski definition) is 0. The maximum absolute atomic E-state index is 15.5. The fourth-order valence-corrected chi connectivity index (χ4v) is 9.80. The van der Waals surface area contributed by atoms with E-state index >= 15 is 4.79 Å². The molecule has 0 radical (unpaired) electrons. The fourth-order valence-electron chi connectivity index (χ4n) is 8.69. The molecule has 0 fully saturated rings. The third-order valence-corrected chi connectivity index (χ3v) is 14.4. The summed E-state index contributed by atoms with van der Waals surface area (Å²) in [5, 5.41) is 12.7. The predicted molar refractivity (Wildman–Crippen MR) is 246 cm³/mol. The van der Waals surface area contributed by atoms with Crippen molar-refractivity contribution in [3.63, 3.8) is 0 Å². The van der Waals surface area contributed by atoms with Crippen molar-refractivity contribution in [2.45, 2.75) is 85.9 Å². The molecule has 0 bridgehead atoms. The highest BCUT2D eigenvalue weighted by molar-refractivity contribution is 6.76. The zero-order valence-electron chi connectivity index (χ0n) is 36.3. The number of aryl methyl sites for hydroxylation is 6. The SMILES string of the molecule is Cc1cc(OCCCc2c3n(c4c(-c5c(C)nn(C)c5C)c(Cl)ccc24)[C@H](C)CN(c2cn(COCC[Si](C)(C)C)c4ccc(-c5ncn(C)n5)cc24)C3=O)cc(C)c1Cl. The smallest absolute Gasteiger partial charge is 0.275 e. The normalized spacial score (nSPS) is 14.6. The summed E-state index contributed by atoms with van der Waals surface area (Å²) >= 11 is 13.7. The molecule has 0 spiro atoms. The number of amides is 1. The van der Waals surface area contributed by atoms with Crippen molar-refractivity contribution in [1.29, 1.82) is 0 Å². The van der Waals surface area contributed by atoms with Crippen molar-refractivity contribution < 1.29 is 14.3 Å². The Bertz CT molecular complexity index is 2770. The molecule has 0 aliphatic carbocycles. The summed E-state index contributed by atoms with van der Waals surface area (Å²) in [7, 11) is 2.53. The zero-order chi connectivity index (χ0) is 42.8. The van der Waals surface area contributed by atoms with Gasteiger partial charge in [0.1, 0.15) is 24.5 Å². The quantitative estimate of drug-likeness (QED) is 0.0846. The first-order valence-electron chi connectivity index (χ1n) is 20.7. The lowest BCUT2D eigenvalue weighted by Gasteiger charge is -2.34. The van der Waals surface area contributed by atoms with E-state index in [0.717, 1.165) is 89.1 Å². The molecule has 7 aromatic rings. The van der Waals surface area contributed by atoms with Gasteiger partial charge >= 0.3 is 0 Å². The van der Waals surface area contributed by atoms with E-state index in [1.807, 2.05) is 68.7 Å². The highest BCUT2D eigenvalue weighted by Crippen LogP contribution is 2.46. The van der Waals surface area contributed by atoms with E-state index in [9.17, 15) is 0 Å². The molecule has 0 saturated heterocycles. The third-order valence-electron chi connectivity index (χ3n) is 11.8. The van der Waals surface area contributed by atoms with Gasteiger partial charge in [0.15, 0.2) is 5.82 Å². The summed E-state index contributed by atoms with van der Waals surface area (Å²) in [6, 6.07) is 15.2. The Morgan fingerprint density at radius 1 is 0.917 bits per heavy atom. The Labute approximate surface area is 362 Å². The summed E-state index contributed by atoms with van der Waals surface area (Å²) in [5.41, 5.74) is 11.0. The molecule has 0 saturated carbocycles. The molecule has 4 aromatic heterocycles. The number of fused-ring (bicyclic) bond motifs is 4. The molecule has 60 heavy (non-hydrogen) atoms. The lowest BCUT2D eigenvalue weighted by Crippen LogP contribution is -2.42. The van der Waals surface area contributed by atoms with E-state index in [-0.39, 0.29) is 11.9 Å². The van der Waals surface area contributed by atoms with Crippen molar-refractivity contribution in [3.8, 4) is 28.3 Å². The number of rotatable bonds is 13. The van der Waals surface area contributed by atoms with Crippen LogP contribution in [0.15, 0.2) is 55.0 Å². The second-order valence-electron chi connectivity index (χ2n) is 17.6. The molecule has 1 aliphatic rings. The second kappa shape index (κ2) is 16.2. The second-order valence-corrected chi connectivity index (χ2v) is 24.0. The van der Waals surface area contributed by atoms with Crippen molar-refractivity contribution in [3.05, 3.63) is 98.8 Å². The molecular weight excluding hydrogens is 812 g/mol. The van der Waals surface area contributed by atoms with Crippen LogP contribution in [0.4, 0.5) is 5.69 Å². The standard InChI is InChI=1S/C46H54Cl2N8O3Si/c1-27-20-33(21-28(2)42(27)48)59-17-11-12-34-35-14-15-37(47)41(40-30(4)50-53(7)31(40)5)43(35)56-29(3)23-55(46(57)44(34)56)39-24-54(26-58-18-19-60(8,9)10)38-16-13-32(22-36(38)39)45-49-25-52(6)51-45/h13-16,20-22,24-25,29H,11-12,17-19,23,26H2,1-10H3/t29-/m1/s1. The lowest BCUT2D eigenvalue weighted by molar-refractivity contribution is 0.0900. The average Bonchev–Trinajstić information content (AvgIpc) is 3.94. The predicted octanol–water partition coefficient (Wildman–Crippen LogP) is 10.9. The van der Waals surface area contributed by atoms with Crippen LogP contribution in [-0.4, -0.2) is 67.4 Å². The van der Waals surface area contributed by atoms with Crippen molar-refractivity contribution >= 4 is 64.7 Å². The van der Waals surface area contributed by atoms with Gasteiger partial charge in [-0.05, 0) is 107 Å². The molecule has 14 heteroatoms. The van der Waals surface area contributed by atoms with Crippen molar-refractivity contribution in [2.75, 3.05) is 24.7 Å². The molecule has 8 rings (SSSR count). The van der Waals surface area contributed by atoms with Crippen LogP contribution in [0.2, 0.25) is 35.7 Å². The van der Waals surface area contributed by atoms with E-state index in [2.05, 4.69) is 77.1 Å². The summed E-state index contributed by atoms with van der Waals surface area (Å²) < 4.78 is 20.6. The molecular formula is C46H54Cl2N8O3Si. The van der Waals surface area contributed by atoms with Crippen LogP contribution in [-0.2, 0) is 32.0 Å². The first-order chi connectivity index (χ1) is 28.5. The van der Waals surface area contributed by atoms with Gasteiger partial charge in [0.05, 0.1) is 34.0 Å². The summed E-state index contributed by atoms with van der Waals surface area (Å²) in [5.74, 6) is 1.35. The number of hydrogen-bond acceptors (Lipinski definition) is 6. The number of anilines is 1. The Kier molecular flexibility index (Phi) is 11.3. The minimum absolute atomic E-state index is 0.0639. The first kappa shape index (κ1) is 41.8. The zero-order valence-corrected chi connectivity index (χ0v) is 38.8. The van der Waals surface area contributed by atoms with Gasteiger partial charge in [-0.2, -0.15) is 10.2 Å². The number of aromatic nitrogens is 7. The van der Waals surface area contributed by atoms with E-state index in [1.165, 1.54) is 0 Å². The Morgan fingerprint density at radius 3 is 2.33 bits per heavy atom. The lowest BCUT2D eigenvalue weighted by atomic mass is 9.98. The summed E-state index contributed by atoms with van der Waals surface area (Å²) in [6.45, 7) is 19.3. The Hall–Kier alpha value is -4.88. The van der Waals surface area contributed by atoms with Crippen LogP contribution in [0.25, 0.3) is 44.3 Å². The maximum atomic E-state index is 15.5. The largest absolute Gasteiger partial charge is 0.494 e. The minimum atomic E-state index is -1.29. The van der Waals surface area contributed by atoms with Crippen molar-refractivity contribution in [1.82, 2.24) is 33.7 Å². The minimum Gasteiger partial charge on any atom is -0.494 e. The van der Waals surface area contributed by atoms with Crippen LogP contribution in [0.1, 0.15) is 58.0 Å². The number of carbonyl (C=O) groups is 1.